The number of hydrogen-bond acceptors (Lipinski definition) is 6. The standard InChI is InChI=1S/C24H17BrN2O4S/c1-30-19-10-8-18(9-11-19)26-24-27-22(28)21(32-24)14-16-13-17(25)7-12-20(16)31-23(29)15-5-3-2-4-6-15/h2-14H,1H3,(H,26,27,28)/b21-14-. The molecule has 1 aliphatic heterocycles. The van der Waals surface area contributed by atoms with E-state index in [1.165, 1.54) is 11.8 Å². The fourth-order valence-electron chi connectivity index (χ4n) is 2.85. The molecule has 0 unspecified atom stereocenters. The smallest absolute Gasteiger partial charge is 0.343 e. The van der Waals surface area contributed by atoms with Gasteiger partial charge in [-0.3, -0.25) is 4.79 Å². The van der Waals surface area contributed by atoms with E-state index < -0.39 is 5.97 Å². The monoisotopic (exact) mass is 508 g/mol. The third-order valence-electron chi connectivity index (χ3n) is 4.42. The number of esters is 1. The summed E-state index contributed by atoms with van der Waals surface area (Å²) < 4.78 is 11.5. The van der Waals surface area contributed by atoms with E-state index in [4.69, 9.17) is 9.47 Å². The molecular weight excluding hydrogens is 492 g/mol. The van der Waals surface area contributed by atoms with Crippen molar-refractivity contribution in [2.24, 2.45) is 4.99 Å². The SMILES string of the molecule is COc1ccc(N=C2NC(=O)/C(=C/c3cc(Br)ccc3OC(=O)c3ccccc3)S2)cc1. The summed E-state index contributed by atoms with van der Waals surface area (Å²) in [6.07, 6.45) is 1.68. The molecule has 0 bridgehead atoms. The number of thioether (sulfide) groups is 1. The largest absolute Gasteiger partial charge is 0.497 e. The van der Waals surface area contributed by atoms with Gasteiger partial charge < -0.3 is 14.8 Å². The van der Waals surface area contributed by atoms with E-state index in [-0.39, 0.29) is 5.91 Å². The third kappa shape index (κ3) is 5.27. The molecule has 0 radical (unpaired) electrons. The molecule has 4 rings (SSSR count). The van der Waals surface area contributed by atoms with Crippen molar-refractivity contribution in [2.75, 3.05) is 7.11 Å². The van der Waals surface area contributed by atoms with Gasteiger partial charge in [-0.1, -0.05) is 34.1 Å². The molecule has 8 heteroatoms. The number of aliphatic imine (C=N–C) groups is 1. The molecule has 32 heavy (non-hydrogen) atoms. The Bertz CT molecular complexity index is 1220. The molecule has 1 saturated heterocycles. The Kier molecular flexibility index (Phi) is 6.72. The van der Waals surface area contributed by atoms with Gasteiger partial charge in [-0.25, -0.2) is 9.79 Å². The summed E-state index contributed by atoms with van der Waals surface area (Å²) in [5, 5.41) is 3.22. The number of carbonyl (C=O) groups excluding carboxylic acids is 2. The molecule has 1 amide bonds. The molecule has 0 saturated carbocycles. The summed E-state index contributed by atoms with van der Waals surface area (Å²) in [5.41, 5.74) is 1.72. The molecule has 0 aromatic heterocycles. The minimum atomic E-state index is -0.474. The lowest BCUT2D eigenvalue weighted by Gasteiger charge is -2.08. The van der Waals surface area contributed by atoms with Crippen molar-refractivity contribution < 1.29 is 19.1 Å². The molecule has 0 atom stereocenters. The molecule has 1 N–H and O–H groups in total. The number of benzene rings is 3. The number of ether oxygens (including phenoxy) is 2. The van der Waals surface area contributed by atoms with Gasteiger partial charge in [-0.15, -0.1) is 0 Å². The highest BCUT2D eigenvalue weighted by atomic mass is 79.9. The molecule has 6 nitrogen and oxygen atoms in total. The molecule has 1 aliphatic rings. The maximum atomic E-state index is 12.5. The van der Waals surface area contributed by atoms with Crippen LogP contribution in [0.4, 0.5) is 5.69 Å². The van der Waals surface area contributed by atoms with Gasteiger partial charge in [0.2, 0.25) is 0 Å². The minimum Gasteiger partial charge on any atom is -0.497 e. The fourth-order valence-corrected chi connectivity index (χ4v) is 4.07. The summed E-state index contributed by atoms with van der Waals surface area (Å²) in [4.78, 5) is 29.9. The van der Waals surface area contributed by atoms with Crippen LogP contribution < -0.4 is 14.8 Å². The first-order valence-electron chi connectivity index (χ1n) is 9.52. The Balaban J connectivity index is 1.57. The third-order valence-corrected chi connectivity index (χ3v) is 5.83. The summed E-state index contributed by atoms with van der Waals surface area (Å²) in [7, 11) is 1.60. The number of amidine groups is 1. The van der Waals surface area contributed by atoms with Gasteiger partial charge in [0.1, 0.15) is 11.5 Å². The number of nitrogens with one attached hydrogen (secondary N) is 1. The Morgan fingerprint density at radius 1 is 1.06 bits per heavy atom. The molecule has 3 aromatic rings. The lowest BCUT2D eigenvalue weighted by atomic mass is 10.1. The average Bonchev–Trinajstić information content (AvgIpc) is 3.15. The van der Waals surface area contributed by atoms with Crippen molar-refractivity contribution in [1.29, 1.82) is 0 Å². The van der Waals surface area contributed by atoms with Crippen molar-refractivity contribution in [3.63, 3.8) is 0 Å². The van der Waals surface area contributed by atoms with Gasteiger partial charge in [-0.2, -0.15) is 0 Å². The van der Waals surface area contributed by atoms with Gasteiger partial charge >= 0.3 is 5.97 Å². The van der Waals surface area contributed by atoms with Gasteiger partial charge in [0, 0.05) is 10.0 Å². The van der Waals surface area contributed by atoms with Crippen molar-refractivity contribution in [2.45, 2.75) is 0 Å². The number of carbonyl (C=O) groups is 2. The second-order valence-corrected chi connectivity index (χ2v) is 8.56. The molecular formula is C24H17BrN2O4S. The predicted molar refractivity (Wildman–Crippen MR) is 129 cm³/mol. The minimum absolute atomic E-state index is 0.275. The van der Waals surface area contributed by atoms with Crippen molar-refractivity contribution in [1.82, 2.24) is 5.32 Å². The Morgan fingerprint density at radius 3 is 2.53 bits per heavy atom. The summed E-state index contributed by atoms with van der Waals surface area (Å²) in [5.74, 6) is 0.328. The van der Waals surface area contributed by atoms with Crippen molar-refractivity contribution >= 4 is 56.5 Å². The number of nitrogens with zero attached hydrogens (tertiary/aromatic N) is 1. The van der Waals surface area contributed by atoms with Crippen LogP contribution in [0.25, 0.3) is 6.08 Å². The number of rotatable bonds is 5. The first-order chi connectivity index (χ1) is 15.5. The van der Waals surface area contributed by atoms with E-state index in [0.29, 0.717) is 32.6 Å². The number of amides is 1. The van der Waals surface area contributed by atoms with Gasteiger partial charge in [0.05, 0.1) is 23.3 Å². The first-order valence-corrected chi connectivity index (χ1v) is 11.1. The number of methoxy groups -OCH3 is 1. The van der Waals surface area contributed by atoms with E-state index in [1.54, 1.807) is 79.9 Å². The van der Waals surface area contributed by atoms with Crippen LogP contribution in [0.3, 0.4) is 0 Å². The second-order valence-electron chi connectivity index (χ2n) is 6.62. The zero-order valence-electron chi connectivity index (χ0n) is 16.9. The van der Waals surface area contributed by atoms with Crippen molar-refractivity contribution in [3.05, 3.63) is 93.3 Å². The lowest BCUT2D eigenvalue weighted by molar-refractivity contribution is -0.115. The van der Waals surface area contributed by atoms with E-state index >= 15 is 0 Å². The lowest BCUT2D eigenvalue weighted by Crippen LogP contribution is -2.19. The van der Waals surface area contributed by atoms with E-state index in [0.717, 1.165) is 10.2 Å². The molecule has 3 aromatic carbocycles. The van der Waals surface area contributed by atoms with Crippen LogP contribution in [0.5, 0.6) is 11.5 Å². The fraction of sp³-hybridized carbons (Fsp3) is 0.0417. The highest BCUT2D eigenvalue weighted by Gasteiger charge is 2.24. The van der Waals surface area contributed by atoms with Gasteiger partial charge in [0.25, 0.3) is 5.91 Å². The van der Waals surface area contributed by atoms with E-state index in [9.17, 15) is 9.59 Å². The Morgan fingerprint density at radius 2 is 1.81 bits per heavy atom. The number of hydrogen-bond donors (Lipinski definition) is 1. The van der Waals surface area contributed by atoms with Crippen LogP contribution >= 0.6 is 27.7 Å². The predicted octanol–water partition coefficient (Wildman–Crippen LogP) is 5.57. The molecule has 1 fully saturated rings. The molecule has 1 heterocycles. The summed E-state index contributed by atoms with van der Waals surface area (Å²) in [6.45, 7) is 0. The summed E-state index contributed by atoms with van der Waals surface area (Å²) in [6, 6.07) is 21.2. The van der Waals surface area contributed by atoms with Crippen LogP contribution in [-0.4, -0.2) is 24.2 Å². The van der Waals surface area contributed by atoms with Crippen molar-refractivity contribution in [3.8, 4) is 11.5 Å². The Labute approximate surface area is 197 Å². The van der Waals surface area contributed by atoms with Crippen LogP contribution in [0.1, 0.15) is 15.9 Å². The zero-order chi connectivity index (χ0) is 22.5. The number of halogens is 1. The van der Waals surface area contributed by atoms with Crippen LogP contribution in [0.2, 0.25) is 0 Å². The highest BCUT2D eigenvalue weighted by molar-refractivity contribution is 9.10. The maximum Gasteiger partial charge on any atom is 0.343 e. The van der Waals surface area contributed by atoms with E-state index in [2.05, 4.69) is 26.2 Å². The van der Waals surface area contributed by atoms with Crippen LogP contribution in [0.15, 0.2) is 87.2 Å². The molecule has 0 aliphatic carbocycles. The zero-order valence-corrected chi connectivity index (χ0v) is 19.3. The van der Waals surface area contributed by atoms with Crippen LogP contribution in [0, 0.1) is 0 Å². The quantitative estimate of drug-likeness (QED) is 0.277. The normalized spacial score (nSPS) is 15.6. The van der Waals surface area contributed by atoms with E-state index in [1.807, 2.05) is 6.07 Å². The molecule has 0 spiro atoms. The highest BCUT2D eigenvalue weighted by Crippen LogP contribution is 2.32. The topological polar surface area (TPSA) is 77.0 Å². The first kappa shape index (κ1) is 21.9. The second kappa shape index (κ2) is 9.84. The van der Waals surface area contributed by atoms with Gasteiger partial charge in [0.15, 0.2) is 5.17 Å². The average molecular weight is 509 g/mol. The van der Waals surface area contributed by atoms with Crippen LogP contribution in [-0.2, 0) is 4.79 Å². The Hall–Kier alpha value is -3.36. The maximum absolute atomic E-state index is 12.5. The molecule has 160 valence electrons. The summed E-state index contributed by atoms with van der Waals surface area (Å²) >= 11 is 4.64. The van der Waals surface area contributed by atoms with Gasteiger partial charge in [-0.05, 0) is 72.4 Å².